The number of anilines is 2. The summed E-state index contributed by atoms with van der Waals surface area (Å²) in [5, 5.41) is 0.997. The lowest BCUT2D eigenvalue weighted by Gasteiger charge is -2.33. The molecule has 7 nitrogen and oxygen atoms in total. The number of likely N-dealkylation sites (N-methyl/N-ethyl adjacent to an activating group) is 1. The predicted octanol–water partition coefficient (Wildman–Crippen LogP) is 0.951. The fourth-order valence-electron chi connectivity index (χ4n) is 3.04. The van der Waals surface area contributed by atoms with Crippen molar-refractivity contribution < 1.29 is 0 Å². The summed E-state index contributed by atoms with van der Waals surface area (Å²) in [6.07, 6.45) is 2.94. The summed E-state index contributed by atoms with van der Waals surface area (Å²) in [6, 6.07) is 0. The number of aromatic nitrogens is 4. The highest BCUT2D eigenvalue weighted by Gasteiger charge is 2.23. The lowest BCUT2D eigenvalue weighted by atomic mass is 10.1. The minimum atomic E-state index is 0.826. The van der Waals surface area contributed by atoms with Crippen LogP contribution in [0.3, 0.4) is 0 Å². The van der Waals surface area contributed by atoms with Gasteiger partial charge in [0, 0.05) is 69.0 Å². The van der Waals surface area contributed by atoms with Gasteiger partial charge in [0.2, 0.25) is 11.1 Å². The topological polar surface area (TPSA) is 61.3 Å². The molecule has 0 saturated carbocycles. The molecule has 0 N–H and O–H groups in total. The first-order valence-electron chi connectivity index (χ1n) is 8.02. The van der Waals surface area contributed by atoms with Crippen molar-refractivity contribution in [2.45, 2.75) is 19.9 Å². The van der Waals surface area contributed by atoms with Gasteiger partial charge in [-0.25, -0.2) is 15.0 Å². The standard InChI is InChI=1S/C15H21N7S/c1-11-17-15(23-19-11)22-4-3-13-12(10-22)9-16-14(18-13)21-7-5-20(2)6-8-21/h9H,3-8,10H2,1-2H3. The van der Waals surface area contributed by atoms with Gasteiger partial charge in [0.05, 0.1) is 5.69 Å². The monoisotopic (exact) mass is 331 g/mol. The van der Waals surface area contributed by atoms with Crippen molar-refractivity contribution in [2.75, 3.05) is 49.6 Å². The molecule has 122 valence electrons. The van der Waals surface area contributed by atoms with E-state index >= 15 is 0 Å². The second-order valence-corrected chi connectivity index (χ2v) is 6.96. The molecule has 1 fully saturated rings. The maximum absolute atomic E-state index is 4.83. The number of rotatable bonds is 2. The first-order valence-corrected chi connectivity index (χ1v) is 8.80. The van der Waals surface area contributed by atoms with Crippen LogP contribution in [0.4, 0.5) is 11.1 Å². The van der Waals surface area contributed by atoms with E-state index in [0.717, 1.165) is 62.6 Å². The Labute approximate surface area is 140 Å². The maximum Gasteiger partial charge on any atom is 0.225 e. The lowest BCUT2D eigenvalue weighted by Crippen LogP contribution is -2.45. The van der Waals surface area contributed by atoms with Crippen LogP contribution >= 0.6 is 11.5 Å². The van der Waals surface area contributed by atoms with Gasteiger partial charge in [-0.2, -0.15) is 4.37 Å². The van der Waals surface area contributed by atoms with Gasteiger partial charge in [0.25, 0.3) is 0 Å². The zero-order chi connectivity index (χ0) is 15.8. The molecule has 0 spiro atoms. The van der Waals surface area contributed by atoms with Crippen molar-refractivity contribution in [2.24, 2.45) is 0 Å². The molecular formula is C15H21N7S. The van der Waals surface area contributed by atoms with Crippen molar-refractivity contribution in [1.82, 2.24) is 24.2 Å². The highest BCUT2D eigenvalue weighted by Crippen LogP contribution is 2.25. The molecule has 0 bridgehead atoms. The Kier molecular flexibility index (Phi) is 3.86. The van der Waals surface area contributed by atoms with Gasteiger partial charge in [-0.3, -0.25) is 0 Å². The van der Waals surface area contributed by atoms with Gasteiger partial charge < -0.3 is 14.7 Å². The van der Waals surface area contributed by atoms with Crippen LogP contribution < -0.4 is 9.80 Å². The third kappa shape index (κ3) is 3.00. The van der Waals surface area contributed by atoms with Crippen LogP contribution in [0.5, 0.6) is 0 Å². The average molecular weight is 331 g/mol. The molecule has 0 amide bonds. The molecule has 4 heterocycles. The molecule has 0 atom stereocenters. The molecule has 2 aliphatic heterocycles. The number of piperazine rings is 1. The van der Waals surface area contributed by atoms with E-state index in [-0.39, 0.29) is 0 Å². The van der Waals surface area contributed by atoms with Gasteiger partial charge in [-0.05, 0) is 14.0 Å². The number of hydrogen-bond donors (Lipinski definition) is 0. The SMILES string of the molecule is Cc1nsc(N2CCc3nc(N4CCN(C)CC4)ncc3C2)n1. The summed E-state index contributed by atoms with van der Waals surface area (Å²) in [5.41, 5.74) is 2.40. The highest BCUT2D eigenvalue weighted by molar-refractivity contribution is 7.09. The Balaban J connectivity index is 1.50. The summed E-state index contributed by atoms with van der Waals surface area (Å²) in [6.45, 7) is 7.86. The smallest absolute Gasteiger partial charge is 0.225 e. The Morgan fingerprint density at radius 2 is 1.87 bits per heavy atom. The van der Waals surface area contributed by atoms with E-state index in [1.165, 1.54) is 22.8 Å². The van der Waals surface area contributed by atoms with Crippen LogP contribution in [-0.2, 0) is 13.0 Å². The van der Waals surface area contributed by atoms with Gasteiger partial charge in [-0.1, -0.05) is 0 Å². The fourth-order valence-corrected chi connectivity index (χ4v) is 3.74. The summed E-state index contributed by atoms with van der Waals surface area (Å²) >= 11 is 1.47. The Morgan fingerprint density at radius 3 is 2.61 bits per heavy atom. The van der Waals surface area contributed by atoms with Crippen LogP contribution in [0.25, 0.3) is 0 Å². The van der Waals surface area contributed by atoms with Crippen LogP contribution in [0.2, 0.25) is 0 Å². The molecule has 2 aliphatic rings. The second-order valence-electron chi connectivity index (χ2n) is 6.23. The number of fused-ring (bicyclic) bond motifs is 1. The highest BCUT2D eigenvalue weighted by atomic mass is 32.1. The van der Waals surface area contributed by atoms with E-state index in [0.29, 0.717) is 0 Å². The quantitative estimate of drug-likeness (QED) is 0.812. The number of hydrogen-bond acceptors (Lipinski definition) is 8. The first-order chi connectivity index (χ1) is 11.2. The van der Waals surface area contributed by atoms with Gasteiger partial charge in [-0.15, -0.1) is 0 Å². The van der Waals surface area contributed by atoms with Crippen LogP contribution in [0.15, 0.2) is 6.20 Å². The number of nitrogens with zero attached hydrogens (tertiary/aromatic N) is 7. The van der Waals surface area contributed by atoms with E-state index in [1.54, 1.807) is 0 Å². The van der Waals surface area contributed by atoms with Gasteiger partial charge in [0.1, 0.15) is 5.82 Å². The molecule has 23 heavy (non-hydrogen) atoms. The van der Waals surface area contributed by atoms with Crippen molar-refractivity contribution in [3.05, 3.63) is 23.3 Å². The zero-order valence-electron chi connectivity index (χ0n) is 13.6. The van der Waals surface area contributed by atoms with E-state index in [9.17, 15) is 0 Å². The molecule has 0 aliphatic carbocycles. The lowest BCUT2D eigenvalue weighted by molar-refractivity contribution is 0.311. The molecule has 2 aromatic rings. The molecule has 0 unspecified atom stereocenters. The van der Waals surface area contributed by atoms with E-state index < -0.39 is 0 Å². The molecule has 0 radical (unpaired) electrons. The van der Waals surface area contributed by atoms with E-state index in [4.69, 9.17) is 4.98 Å². The minimum absolute atomic E-state index is 0.826. The predicted molar refractivity (Wildman–Crippen MR) is 91.1 cm³/mol. The third-order valence-corrected chi connectivity index (χ3v) is 5.36. The molecule has 1 saturated heterocycles. The largest absolute Gasteiger partial charge is 0.342 e. The van der Waals surface area contributed by atoms with E-state index in [1.807, 2.05) is 13.1 Å². The van der Waals surface area contributed by atoms with Crippen LogP contribution in [0.1, 0.15) is 17.1 Å². The van der Waals surface area contributed by atoms with Crippen molar-refractivity contribution in [3.8, 4) is 0 Å². The van der Waals surface area contributed by atoms with Crippen molar-refractivity contribution in [1.29, 1.82) is 0 Å². The molecule has 8 heteroatoms. The Morgan fingerprint density at radius 1 is 1.04 bits per heavy atom. The van der Waals surface area contributed by atoms with Crippen LogP contribution in [-0.4, -0.2) is 64.0 Å². The summed E-state index contributed by atoms with van der Waals surface area (Å²) < 4.78 is 4.28. The molecular weight excluding hydrogens is 310 g/mol. The third-order valence-electron chi connectivity index (χ3n) is 4.49. The van der Waals surface area contributed by atoms with Crippen molar-refractivity contribution in [3.63, 3.8) is 0 Å². The fraction of sp³-hybridized carbons (Fsp3) is 0.600. The molecule has 2 aromatic heterocycles. The Bertz CT molecular complexity index is 693. The Hall–Kier alpha value is -1.80. The summed E-state index contributed by atoms with van der Waals surface area (Å²) in [7, 11) is 2.16. The second kappa shape index (κ2) is 6.01. The summed E-state index contributed by atoms with van der Waals surface area (Å²) in [5.74, 6) is 1.73. The minimum Gasteiger partial charge on any atom is -0.342 e. The average Bonchev–Trinajstić information content (AvgIpc) is 3.01. The van der Waals surface area contributed by atoms with Crippen molar-refractivity contribution >= 4 is 22.6 Å². The first kappa shape index (κ1) is 14.8. The molecule has 0 aromatic carbocycles. The number of aryl methyl sites for hydroxylation is 1. The van der Waals surface area contributed by atoms with Gasteiger partial charge >= 0.3 is 0 Å². The maximum atomic E-state index is 4.83. The van der Waals surface area contributed by atoms with Crippen LogP contribution in [0, 0.1) is 6.92 Å². The summed E-state index contributed by atoms with van der Waals surface area (Å²) in [4.78, 5) is 20.8. The van der Waals surface area contributed by atoms with Gasteiger partial charge in [0.15, 0.2) is 0 Å². The normalized spacial score (nSPS) is 19.0. The van der Waals surface area contributed by atoms with E-state index in [2.05, 4.69) is 36.1 Å². The molecule has 4 rings (SSSR count). The zero-order valence-corrected chi connectivity index (χ0v) is 14.4.